The summed E-state index contributed by atoms with van der Waals surface area (Å²) in [6, 6.07) is 7.08. The van der Waals surface area contributed by atoms with Crippen LogP contribution in [-0.4, -0.2) is 42.5 Å². The fourth-order valence-corrected chi connectivity index (χ4v) is 1.54. The van der Waals surface area contributed by atoms with Crippen molar-refractivity contribution in [2.75, 3.05) is 20.6 Å². The number of aromatic nitrogens is 1. The van der Waals surface area contributed by atoms with Gasteiger partial charge in [0.2, 0.25) is 11.7 Å². The van der Waals surface area contributed by atoms with E-state index in [1.165, 1.54) is 35.2 Å². The Bertz CT molecular complexity index is 650. The van der Waals surface area contributed by atoms with Crippen molar-refractivity contribution < 1.29 is 18.5 Å². The molecule has 1 aromatic heterocycles. The number of rotatable bonds is 4. The van der Waals surface area contributed by atoms with Crippen LogP contribution >= 0.6 is 0 Å². The molecule has 0 saturated carbocycles. The Labute approximate surface area is 120 Å². The van der Waals surface area contributed by atoms with Gasteiger partial charge in [-0.25, -0.2) is 4.39 Å². The van der Waals surface area contributed by atoms with Crippen LogP contribution in [0, 0.1) is 5.82 Å². The molecule has 0 saturated heterocycles. The molecule has 110 valence electrons. The second-order valence-electron chi connectivity index (χ2n) is 4.55. The summed E-state index contributed by atoms with van der Waals surface area (Å²) in [6.45, 7) is -0.127. The van der Waals surface area contributed by atoms with E-state index in [2.05, 4.69) is 10.5 Å². The monoisotopic (exact) mass is 291 g/mol. The lowest BCUT2D eigenvalue weighted by Crippen LogP contribution is -2.36. The summed E-state index contributed by atoms with van der Waals surface area (Å²) < 4.78 is 17.8. The number of carbonyl (C=O) groups is 2. The number of amides is 2. The van der Waals surface area contributed by atoms with Gasteiger partial charge in [-0.15, -0.1) is 0 Å². The minimum atomic E-state index is -0.536. The maximum absolute atomic E-state index is 12.8. The minimum Gasteiger partial charge on any atom is -0.350 e. The second-order valence-corrected chi connectivity index (χ2v) is 4.55. The summed E-state index contributed by atoms with van der Waals surface area (Å²) in [5, 5.41) is 6.18. The molecule has 0 radical (unpaired) electrons. The zero-order valence-corrected chi connectivity index (χ0v) is 11.6. The first-order valence-corrected chi connectivity index (χ1v) is 6.18. The molecule has 0 atom stereocenters. The zero-order chi connectivity index (χ0) is 15.4. The molecule has 0 aliphatic rings. The van der Waals surface area contributed by atoms with E-state index in [1.54, 1.807) is 14.1 Å². The Kier molecular flexibility index (Phi) is 4.32. The molecule has 0 fully saturated rings. The van der Waals surface area contributed by atoms with Crippen LogP contribution in [0.15, 0.2) is 34.9 Å². The Hall–Kier alpha value is -2.70. The van der Waals surface area contributed by atoms with Gasteiger partial charge >= 0.3 is 0 Å². The van der Waals surface area contributed by atoms with E-state index in [4.69, 9.17) is 4.52 Å². The summed E-state index contributed by atoms with van der Waals surface area (Å²) in [6.07, 6.45) is 0. The summed E-state index contributed by atoms with van der Waals surface area (Å²) in [4.78, 5) is 24.5. The van der Waals surface area contributed by atoms with Crippen molar-refractivity contribution in [3.05, 3.63) is 41.9 Å². The highest BCUT2D eigenvalue weighted by Crippen LogP contribution is 2.19. The fraction of sp³-hybridized carbons (Fsp3) is 0.214. The molecule has 2 aromatic rings. The lowest BCUT2D eigenvalue weighted by Gasteiger charge is -2.09. The minimum absolute atomic E-state index is 0.0131. The first-order chi connectivity index (χ1) is 9.97. The van der Waals surface area contributed by atoms with Crippen LogP contribution in [0.2, 0.25) is 0 Å². The lowest BCUT2D eigenvalue weighted by molar-refractivity contribution is -0.127. The zero-order valence-electron chi connectivity index (χ0n) is 11.6. The van der Waals surface area contributed by atoms with Crippen molar-refractivity contribution >= 4 is 11.8 Å². The van der Waals surface area contributed by atoms with Crippen LogP contribution in [0.3, 0.4) is 0 Å². The molecule has 2 rings (SSSR count). The van der Waals surface area contributed by atoms with Gasteiger partial charge in [0, 0.05) is 25.7 Å². The van der Waals surface area contributed by atoms with Gasteiger partial charge in [-0.05, 0) is 24.3 Å². The van der Waals surface area contributed by atoms with Crippen LogP contribution in [0.25, 0.3) is 11.3 Å². The van der Waals surface area contributed by atoms with Crippen molar-refractivity contribution in [1.82, 2.24) is 15.4 Å². The smallest absolute Gasteiger partial charge is 0.290 e. The molecule has 0 aliphatic heterocycles. The van der Waals surface area contributed by atoms with E-state index in [-0.39, 0.29) is 24.0 Å². The molecule has 2 amide bonds. The number of hydrogen-bond acceptors (Lipinski definition) is 4. The van der Waals surface area contributed by atoms with Crippen LogP contribution in [0.4, 0.5) is 4.39 Å². The maximum atomic E-state index is 12.8. The van der Waals surface area contributed by atoms with Gasteiger partial charge in [0.1, 0.15) is 11.5 Å². The third-order valence-corrected chi connectivity index (χ3v) is 2.77. The summed E-state index contributed by atoms with van der Waals surface area (Å²) in [5.41, 5.74) is 1.04. The van der Waals surface area contributed by atoms with Gasteiger partial charge in [0.05, 0.1) is 6.54 Å². The SMILES string of the molecule is CN(C)C(=O)CNC(=O)c1cc(-c2ccc(F)cc2)no1. The van der Waals surface area contributed by atoms with E-state index >= 15 is 0 Å². The van der Waals surface area contributed by atoms with Crippen LogP contribution in [-0.2, 0) is 4.79 Å². The third kappa shape index (κ3) is 3.65. The third-order valence-electron chi connectivity index (χ3n) is 2.77. The molecule has 0 bridgehead atoms. The maximum Gasteiger partial charge on any atom is 0.290 e. The topological polar surface area (TPSA) is 75.4 Å². The van der Waals surface area contributed by atoms with E-state index in [0.29, 0.717) is 11.3 Å². The average Bonchev–Trinajstić information content (AvgIpc) is 2.94. The molecule has 1 N–H and O–H groups in total. The van der Waals surface area contributed by atoms with Crippen molar-refractivity contribution in [2.24, 2.45) is 0 Å². The number of carbonyl (C=O) groups excluding carboxylic acids is 2. The highest BCUT2D eigenvalue weighted by atomic mass is 19.1. The number of nitrogens with zero attached hydrogens (tertiary/aromatic N) is 2. The summed E-state index contributed by atoms with van der Waals surface area (Å²) in [7, 11) is 3.19. The fourth-order valence-electron chi connectivity index (χ4n) is 1.54. The molecule has 0 unspecified atom stereocenters. The van der Waals surface area contributed by atoms with Crippen molar-refractivity contribution in [3.63, 3.8) is 0 Å². The molecule has 0 aliphatic carbocycles. The summed E-state index contributed by atoms with van der Waals surface area (Å²) >= 11 is 0. The summed E-state index contributed by atoms with van der Waals surface area (Å²) in [5.74, 6) is -1.14. The van der Waals surface area contributed by atoms with Gasteiger partial charge in [-0.3, -0.25) is 9.59 Å². The number of likely N-dealkylation sites (N-methyl/N-ethyl adjacent to an activating group) is 1. The van der Waals surface area contributed by atoms with Gasteiger partial charge in [-0.1, -0.05) is 5.16 Å². The Morgan fingerprint density at radius 1 is 1.29 bits per heavy atom. The molecule has 1 heterocycles. The van der Waals surface area contributed by atoms with E-state index in [1.807, 2.05) is 0 Å². The molecule has 21 heavy (non-hydrogen) atoms. The predicted molar refractivity (Wildman–Crippen MR) is 72.9 cm³/mol. The van der Waals surface area contributed by atoms with Crippen molar-refractivity contribution in [2.45, 2.75) is 0 Å². The second kappa shape index (κ2) is 6.17. The molecule has 0 spiro atoms. The highest BCUT2D eigenvalue weighted by molar-refractivity contribution is 5.94. The Morgan fingerprint density at radius 3 is 2.57 bits per heavy atom. The van der Waals surface area contributed by atoms with Gasteiger partial charge in [-0.2, -0.15) is 0 Å². The Morgan fingerprint density at radius 2 is 1.95 bits per heavy atom. The molecular weight excluding hydrogens is 277 g/mol. The standard InChI is InChI=1S/C14H14FN3O3/c1-18(2)13(19)8-16-14(20)12-7-11(17-21-12)9-3-5-10(15)6-4-9/h3-7H,8H2,1-2H3,(H,16,20). The molecule has 6 nitrogen and oxygen atoms in total. The van der Waals surface area contributed by atoms with E-state index in [9.17, 15) is 14.0 Å². The van der Waals surface area contributed by atoms with Crippen LogP contribution in [0.1, 0.15) is 10.6 Å². The number of nitrogens with one attached hydrogen (secondary N) is 1. The average molecular weight is 291 g/mol. The highest BCUT2D eigenvalue weighted by Gasteiger charge is 2.15. The number of hydrogen-bond donors (Lipinski definition) is 1. The number of benzene rings is 1. The van der Waals surface area contributed by atoms with Crippen LogP contribution in [0.5, 0.6) is 0 Å². The van der Waals surface area contributed by atoms with Gasteiger partial charge < -0.3 is 14.7 Å². The van der Waals surface area contributed by atoms with Crippen molar-refractivity contribution in [3.8, 4) is 11.3 Å². The van der Waals surface area contributed by atoms with Crippen molar-refractivity contribution in [1.29, 1.82) is 0 Å². The predicted octanol–water partition coefficient (Wildman–Crippen LogP) is 1.30. The molecule has 1 aromatic carbocycles. The Balaban J connectivity index is 2.04. The van der Waals surface area contributed by atoms with Gasteiger partial charge in [0.15, 0.2) is 0 Å². The normalized spacial score (nSPS) is 10.2. The molecular formula is C14H14FN3O3. The lowest BCUT2D eigenvalue weighted by atomic mass is 10.1. The van der Waals surface area contributed by atoms with Gasteiger partial charge in [0.25, 0.3) is 5.91 Å². The first kappa shape index (κ1) is 14.7. The largest absolute Gasteiger partial charge is 0.350 e. The first-order valence-electron chi connectivity index (χ1n) is 6.18. The molecule has 7 heteroatoms. The van der Waals surface area contributed by atoms with E-state index in [0.717, 1.165) is 0 Å². The quantitative estimate of drug-likeness (QED) is 0.921. The van der Waals surface area contributed by atoms with E-state index < -0.39 is 5.91 Å². The van der Waals surface area contributed by atoms with Crippen LogP contribution < -0.4 is 5.32 Å². The number of halogens is 1.